The number of rotatable bonds is 7. The van der Waals surface area contributed by atoms with E-state index in [1.807, 2.05) is 0 Å². The minimum absolute atomic E-state index is 0.0333. The Morgan fingerprint density at radius 1 is 1.45 bits per heavy atom. The second-order valence-electron chi connectivity index (χ2n) is 4.91. The minimum atomic E-state index is -1.08. The third-order valence-electron chi connectivity index (χ3n) is 3.71. The first-order valence-corrected chi connectivity index (χ1v) is 7.04. The SMILES string of the molecule is CCN(CC)C1CCN(C(=O)NC(COC)C(=O)O)C1. The Hall–Kier alpha value is -1.34. The highest BCUT2D eigenvalue weighted by Gasteiger charge is 2.31. The summed E-state index contributed by atoms with van der Waals surface area (Å²) in [6.07, 6.45) is 0.928. The number of likely N-dealkylation sites (tertiary alicyclic amines) is 1. The zero-order valence-corrected chi connectivity index (χ0v) is 12.5. The first-order chi connectivity index (χ1) is 9.53. The molecule has 0 saturated carbocycles. The summed E-state index contributed by atoms with van der Waals surface area (Å²) in [5.41, 5.74) is 0. The Morgan fingerprint density at radius 3 is 2.60 bits per heavy atom. The Bertz CT molecular complexity index is 334. The molecule has 0 aromatic rings. The summed E-state index contributed by atoms with van der Waals surface area (Å²) in [4.78, 5) is 27.0. The third-order valence-corrected chi connectivity index (χ3v) is 3.71. The molecule has 1 rings (SSSR count). The average molecular weight is 287 g/mol. The number of urea groups is 1. The van der Waals surface area contributed by atoms with E-state index in [4.69, 9.17) is 9.84 Å². The molecule has 1 aliphatic heterocycles. The molecule has 0 aliphatic carbocycles. The van der Waals surface area contributed by atoms with E-state index >= 15 is 0 Å². The maximum atomic E-state index is 12.1. The smallest absolute Gasteiger partial charge is 0.328 e. The van der Waals surface area contributed by atoms with E-state index in [0.29, 0.717) is 19.1 Å². The van der Waals surface area contributed by atoms with Gasteiger partial charge in [0.25, 0.3) is 0 Å². The van der Waals surface area contributed by atoms with Crippen molar-refractivity contribution in [1.29, 1.82) is 0 Å². The molecular formula is C13H25N3O4. The van der Waals surface area contributed by atoms with Gasteiger partial charge in [0.05, 0.1) is 6.61 Å². The molecule has 0 radical (unpaired) electrons. The van der Waals surface area contributed by atoms with Crippen LogP contribution < -0.4 is 5.32 Å². The summed E-state index contributed by atoms with van der Waals surface area (Å²) in [7, 11) is 1.41. The van der Waals surface area contributed by atoms with E-state index in [-0.39, 0.29) is 12.6 Å². The van der Waals surface area contributed by atoms with E-state index in [2.05, 4.69) is 24.1 Å². The van der Waals surface area contributed by atoms with Crippen LogP contribution in [0.5, 0.6) is 0 Å². The molecule has 7 nitrogen and oxygen atoms in total. The van der Waals surface area contributed by atoms with Crippen LogP contribution in [0.3, 0.4) is 0 Å². The summed E-state index contributed by atoms with van der Waals surface area (Å²) in [6.45, 7) is 7.39. The van der Waals surface area contributed by atoms with Crippen LogP contribution in [0.15, 0.2) is 0 Å². The van der Waals surface area contributed by atoms with Gasteiger partial charge in [0.1, 0.15) is 0 Å². The number of aliphatic carboxylic acids is 1. The van der Waals surface area contributed by atoms with Crippen molar-refractivity contribution in [3.63, 3.8) is 0 Å². The van der Waals surface area contributed by atoms with Crippen molar-refractivity contribution in [3.05, 3.63) is 0 Å². The number of carboxylic acid groups (broad SMARTS) is 1. The van der Waals surface area contributed by atoms with Crippen LogP contribution in [-0.4, -0.2) is 78.9 Å². The summed E-state index contributed by atoms with van der Waals surface area (Å²) in [5.74, 6) is -1.08. The number of amides is 2. The standard InChI is InChI=1S/C13H25N3O4/c1-4-15(5-2)10-6-7-16(8-10)13(19)14-11(9-20-3)12(17)18/h10-11H,4-9H2,1-3H3,(H,14,19)(H,17,18). The summed E-state index contributed by atoms with van der Waals surface area (Å²) < 4.78 is 4.80. The van der Waals surface area contributed by atoms with Gasteiger partial charge in [-0.05, 0) is 19.5 Å². The predicted octanol–water partition coefficient (Wildman–Crippen LogP) is 0.212. The fourth-order valence-corrected chi connectivity index (χ4v) is 2.55. The fraction of sp³-hybridized carbons (Fsp3) is 0.846. The lowest BCUT2D eigenvalue weighted by Gasteiger charge is -2.26. The molecule has 1 saturated heterocycles. The highest BCUT2D eigenvalue weighted by molar-refractivity contribution is 5.82. The third kappa shape index (κ3) is 4.35. The number of carbonyl (C=O) groups is 2. The van der Waals surface area contributed by atoms with E-state index in [0.717, 1.165) is 19.5 Å². The van der Waals surface area contributed by atoms with Gasteiger partial charge in [-0.3, -0.25) is 4.90 Å². The van der Waals surface area contributed by atoms with E-state index in [1.165, 1.54) is 7.11 Å². The maximum absolute atomic E-state index is 12.1. The largest absolute Gasteiger partial charge is 0.480 e. The monoisotopic (exact) mass is 287 g/mol. The Morgan fingerprint density at radius 2 is 2.10 bits per heavy atom. The van der Waals surface area contributed by atoms with Gasteiger partial charge >= 0.3 is 12.0 Å². The van der Waals surface area contributed by atoms with Gasteiger partial charge in [0.2, 0.25) is 0 Å². The van der Waals surface area contributed by atoms with Crippen LogP contribution in [0.25, 0.3) is 0 Å². The zero-order chi connectivity index (χ0) is 15.1. The predicted molar refractivity (Wildman–Crippen MR) is 74.7 cm³/mol. The molecule has 1 fully saturated rings. The molecule has 0 aromatic heterocycles. The molecule has 0 aromatic carbocycles. The quantitative estimate of drug-likeness (QED) is 0.699. The molecule has 116 valence electrons. The van der Waals surface area contributed by atoms with Crippen molar-refractivity contribution >= 4 is 12.0 Å². The molecule has 0 bridgehead atoms. The number of carboxylic acids is 1. The number of ether oxygens (including phenoxy) is 1. The van der Waals surface area contributed by atoms with Gasteiger partial charge in [-0.2, -0.15) is 0 Å². The van der Waals surface area contributed by atoms with Gasteiger partial charge in [-0.1, -0.05) is 13.8 Å². The van der Waals surface area contributed by atoms with Crippen molar-refractivity contribution in [2.24, 2.45) is 0 Å². The summed E-state index contributed by atoms with van der Waals surface area (Å²) in [6, 6.07) is -0.967. The molecule has 1 aliphatic rings. The van der Waals surface area contributed by atoms with Crippen molar-refractivity contribution in [2.75, 3.05) is 39.9 Å². The highest BCUT2D eigenvalue weighted by atomic mass is 16.5. The zero-order valence-electron chi connectivity index (χ0n) is 12.5. The molecular weight excluding hydrogens is 262 g/mol. The van der Waals surface area contributed by atoms with Crippen LogP contribution in [-0.2, 0) is 9.53 Å². The van der Waals surface area contributed by atoms with Crippen LogP contribution in [0.1, 0.15) is 20.3 Å². The first-order valence-electron chi connectivity index (χ1n) is 7.04. The van der Waals surface area contributed by atoms with Crippen LogP contribution >= 0.6 is 0 Å². The topological polar surface area (TPSA) is 82.1 Å². The van der Waals surface area contributed by atoms with Crippen molar-refractivity contribution in [1.82, 2.24) is 15.1 Å². The number of likely N-dealkylation sites (N-methyl/N-ethyl adjacent to an activating group) is 1. The normalized spacial score (nSPS) is 20.2. The Kier molecular flexibility index (Phi) is 6.74. The van der Waals surface area contributed by atoms with Crippen LogP contribution in [0.4, 0.5) is 4.79 Å². The van der Waals surface area contributed by atoms with Crippen molar-refractivity contribution in [3.8, 4) is 0 Å². The second-order valence-corrected chi connectivity index (χ2v) is 4.91. The van der Waals surface area contributed by atoms with E-state index in [1.54, 1.807) is 4.90 Å². The average Bonchev–Trinajstić information content (AvgIpc) is 2.89. The lowest BCUT2D eigenvalue weighted by Crippen LogP contribution is -2.50. The van der Waals surface area contributed by atoms with Crippen molar-refractivity contribution < 1.29 is 19.4 Å². The Labute approximate surface area is 119 Å². The van der Waals surface area contributed by atoms with Gasteiger partial charge in [-0.15, -0.1) is 0 Å². The molecule has 2 amide bonds. The highest BCUT2D eigenvalue weighted by Crippen LogP contribution is 2.15. The molecule has 20 heavy (non-hydrogen) atoms. The molecule has 2 N–H and O–H groups in total. The summed E-state index contributed by atoms with van der Waals surface area (Å²) >= 11 is 0. The lowest BCUT2D eigenvalue weighted by molar-refractivity contribution is -0.140. The number of carbonyl (C=O) groups excluding carboxylic acids is 1. The second kappa shape index (κ2) is 8.06. The van der Waals surface area contributed by atoms with Crippen molar-refractivity contribution in [2.45, 2.75) is 32.4 Å². The number of hydrogen-bond acceptors (Lipinski definition) is 4. The molecule has 2 atom stereocenters. The number of hydrogen-bond donors (Lipinski definition) is 2. The van der Waals surface area contributed by atoms with Gasteiger partial charge < -0.3 is 20.1 Å². The summed E-state index contributed by atoms with van der Waals surface area (Å²) in [5, 5.41) is 11.5. The fourth-order valence-electron chi connectivity index (χ4n) is 2.55. The maximum Gasteiger partial charge on any atom is 0.328 e. The number of nitrogens with one attached hydrogen (secondary N) is 1. The lowest BCUT2D eigenvalue weighted by atomic mass is 10.2. The van der Waals surface area contributed by atoms with Crippen LogP contribution in [0.2, 0.25) is 0 Å². The van der Waals surface area contributed by atoms with Crippen LogP contribution in [0, 0.1) is 0 Å². The molecule has 2 unspecified atom stereocenters. The minimum Gasteiger partial charge on any atom is -0.480 e. The van der Waals surface area contributed by atoms with Gasteiger partial charge in [0.15, 0.2) is 6.04 Å². The molecule has 0 spiro atoms. The van der Waals surface area contributed by atoms with E-state index in [9.17, 15) is 9.59 Å². The number of methoxy groups -OCH3 is 1. The van der Waals surface area contributed by atoms with E-state index < -0.39 is 12.0 Å². The molecule has 1 heterocycles. The van der Waals surface area contributed by atoms with Gasteiger partial charge in [0, 0.05) is 26.2 Å². The van der Waals surface area contributed by atoms with Gasteiger partial charge in [-0.25, -0.2) is 9.59 Å². The molecule has 7 heteroatoms. The number of nitrogens with zero attached hydrogens (tertiary/aromatic N) is 2. The Balaban J connectivity index is 2.51. The first kappa shape index (κ1) is 16.7.